The van der Waals surface area contributed by atoms with Crippen LogP contribution in [0.4, 0.5) is 0 Å². The van der Waals surface area contributed by atoms with Gasteiger partial charge in [0.15, 0.2) is 0 Å². The molecule has 2 saturated carbocycles. The molecule has 0 aromatic rings. The smallest absolute Gasteiger partial charge is 0.0897 e. The van der Waals surface area contributed by atoms with Crippen LogP contribution in [0.25, 0.3) is 0 Å². The minimum Gasteiger partial charge on any atom is -0.389 e. The van der Waals surface area contributed by atoms with Crippen LogP contribution in [0.3, 0.4) is 0 Å². The molecule has 3 atom stereocenters. The monoisotopic (exact) mass is 269 g/mol. The van der Waals surface area contributed by atoms with Crippen LogP contribution in [-0.2, 0) is 4.74 Å². The first kappa shape index (κ1) is 15.3. The summed E-state index contributed by atoms with van der Waals surface area (Å²) in [5.41, 5.74) is 0. The van der Waals surface area contributed by atoms with E-state index in [0.717, 1.165) is 18.4 Å². The van der Waals surface area contributed by atoms with Crippen molar-refractivity contribution in [3.63, 3.8) is 0 Å². The molecule has 0 aromatic carbocycles. The van der Waals surface area contributed by atoms with Crippen molar-refractivity contribution in [2.75, 3.05) is 19.7 Å². The number of rotatable bonds is 9. The van der Waals surface area contributed by atoms with E-state index >= 15 is 0 Å². The normalized spacial score (nSPS) is 29.4. The van der Waals surface area contributed by atoms with E-state index in [1.54, 1.807) is 0 Å². The predicted molar refractivity (Wildman–Crippen MR) is 78.2 cm³/mol. The highest BCUT2D eigenvalue weighted by Crippen LogP contribution is 2.33. The molecule has 2 aliphatic carbocycles. The maximum atomic E-state index is 9.88. The Labute approximate surface area is 118 Å². The third kappa shape index (κ3) is 6.73. The molecular formula is C16H31NO2. The van der Waals surface area contributed by atoms with Gasteiger partial charge in [0.2, 0.25) is 0 Å². The van der Waals surface area contributed by atoms with Gasteiger partial charge in [-0.3, -0.25) is 0 Å². The fourth-order valence-corrected chi connectivity index (χ4v) is 3.03. The van der Waals surface area contributed by atoms with Gasteiger partial charge in [0.05, 0.1) is 18.8 Å². The van der Waals surface area contributed by atoms with Gasteiger partial charge in [-0.1, -0.05) is 32.6 Å². The summed E-state index contributed by atoms with van der Waals surface area (Å²) in [6.45, 7) is 4.50. The zero-order valence-electron chi connectivity index (χ0n) is 12.4. The number of nitrogens with one attached hydrogen (secondary N) is 1. The van der Waals surface area contributed by atoms with Crippen molar-refractivity contribution in [3.8, 4) is 0 Å². The summed E-state index contributed by atoms with van der Waals surface area (Å²) < 4.78 is 5.83. The molecule has 0 aliphatic heterocycles. The molecule has 2 fully saturated rings. The van der Waals surface area contributed by atoms with Crippen LogP contribution >= 0.6 is 0 Å². The van der Waals surface area contributed by atoms with Gasteiger partial charge < -0.3 is 15.2 Å². The van der Waals surface area contributed by atoms with E-state index in [-0.39, 0.29) is 6.10 Å². The molecule has 0 spiro atoms. The summed E-state index contributed by atoms with van der Waals surface area (Å²) in [6.07, 6.45) is 10.5. The van der Waals surface area contributed by atoms with Gasteiger partial charge in [-0.05, 0) is 44.1 Å². The first-order valence-corrected chi connectivity index (χ1v) is 8.24. The van der Waals surface area contributed by atoms with Crippen molar-refractivity contribution in [2.45, 2.75) is 70.5 Å². The van der Waals surface area contributed by atoms with Gasteiger partial charge in [0.1, 0.15) is 0 Å². The van der Waals surface area contributed by atoms with Crippen molar-refractivity contribution in [1.29, 1.82) is 0 Å². The number of ether oxygens (including phenoxy) is 1. The van der Waals surface area contributed by atoms with E-state index in [1.165, 1.54) is 51.4 Å². The van der Waals surface area contributed by atoms with Crippen LogP contribution in [0, 0.1) is 11.8 Å². The minimum atomic E-state index is -0.349. The Hall–Kier alpha value is -0.120. The summed E-state index contributed by atoms with van der Waals surface area (Å²) in [6, 6.07) is 0. The summed E-state index contributed by atoms with van der Waals surface area (Å²) in [5, 5.41) is 13.2. The zero-order valence-corrected chi connectivity index (χ0v) is 12.4. The highest BCUT2D eigenvalue weighted by molar-refractivity contribution is 4.73. The van der Waals surface area contributed by atoms with Crippen LogP contribution < -0.4 is 5.32 Å². The van der Waals surface area contributed by atoms with E-state index in [9.17, 15) is 5.11 Å². The van der Waals surface area contributed by atoms with E-state index in [4.69, 9.17) is 4.74 Å². The molecule has 19 heavy (non-hydrogen) atoms. The molecule has 2 rings (SSSR count). The molecule has 3 unspecified atom stereocenters. The number of hydrogen-bond acceptors (Lipinski definition) is 3. The molecular weight excluding hydrogens is 238 g/mol. The Morgan fingerprint density at radius 2 is 2.11 bits per heavy atom. The van der Waals surface area contributed by atoms with Gasteiger partial charge in [-0.15, -0.1) is 0 Å². The van der Waals surface area contributed by atoms with Crippen LogP contribution in [0.5, 0.6) is 0 Å². The predicted octanol–water partition coefficient (Wildman–Crippen LogP) is 2.72. The topological polar surface area (TPSA) is 41.5 Å². The molecule has 2 aliphatic rings. The minimum absolute atomic E-state index is 0.349. The Balaban J connectivity index is 1.43. The first-order chi connectivity index (χ1) is 9.24. The molecule has 0 amide bonds. The van der Waals surface area contributed by atoms with Gasteiger partial charge in [0, 0.05) is 6.54 Å². The lowest BCUT2D eigenvalue weighted by molar-refractivity contribution is -0.0305. The largest absolute Gasteiger partial charge is 0.389 e. The molecule has 0 radical (unpaired) electrons. The third-order valence-corrected chi connectivity index (χ3v) is 4.46. The van der Waals surface area contributed by atoms with Gasteiger partial charge in [-0.25, -0.2) is 0 Å². The highest BCUT2D eigenvalue weighted by Gasteiger charge is 2.21. The van der Waals surface area contributed by atoms with E-state index in [1.807, 2.05) is 0 Å². The Morgan fingerprint density at radius 1 is 1.26 bits per heavy atom. The molecule has 0 aromatic heterocycles. The second kappa shape index (κ2) is 8.23. The van der Waals surface area contributed by atoms with E-state index < -0.39 is 0 Å². The number of aliphatic hydroxyl groups excluding tert-OH is 1. The quantitative estimate of drug-likeness (QED) is 0.632. The molecule has 0 bridgehead atoms. The third-order valence-electron chi connectivity index (χ3n) is 4.46. The highest BCUT2D eigenvalue weighted by atomic mass is 16.5. The van der Waals surface area contributed by atoms with Crippen LogP contribution in [-0.4, -0.2) is 37.0 Å². The lowest BCUT2D eigenvalue weighted by Crippen LogP contribution is -2.33. The molecule has 2 N–H and O–H groups in total. The van der Waals surface area contributed by atoms with Gasteiger partial charge in [-0.2, -0.15) is 0 Å². The fraction of sp³-hybridized carbons (Fsp3) is 1.00. The standard InChI is InChI=1S/C16H31NO2/c1-13-4-2-6-16(10-13)19-12-15(18)11-17-9-3-5-14-7-8-14/h13-18H,2-12H2,1H3. The van der Waals surface area contributed by atoms with Crippen molar-refractivity contribution in [2.24, 2.45) is 11.8 Å². The number of hydrogen-bond donors (Lipinski definition) is 2. The molecule has 3 nitrogen and oxygen atoms in total. The summed E-state index contributed by atoms with van der Waals surface area (Å²) >= 11 is 0. The molecule has 112 valence electrons. The van der Waals surface area contributed by atoms with Gasteiger partial charge >= 0.3 is 0 Å². The molecule has 3 heteroatoms. The van der Waals surface area contributed by atoms with Crippen molar-refractivity contribution in [1.82, 2.24) is 5.32 Å². The summed E-state index contributed by atoms with van der Waals surface area (Å²) in [7, 11) is 0. The van der Waals surface area contributed by atoms with Crippen molar-refractivity contribution >= 4 is 0 Å². The second-order valence-corrected chi connectivity index (χ2v) is 6.67. The first-order valence-electron chi connectivity index (χ1n) is 8.24. The lowest BCUT2D eigenvalue weighted by Gasteiger charge is -2.27. The van der Waals surface area contributed by atoms with Crippen LogP contribution in [0.15, 0.2) is 0 Å². The Morgan fingerprint density at radius 3 is 2.84 bits per heavy atom. The zero-order chi connectivity index (χ0) is 13.5. The SMILES string of the molecule is CC1CCCC(OCC(O)CNCCCC2CC2)C1. The van der Waals surface area contributed by atoms with Gasteiger partial charge in [0.25, 0.3) is 0 Å². The van der Waals surface area contributed by atoms with Crippen molar-refractivity contribution in [3.05, 3.63) is 0 Å². The van der Waals surface area contributed by atoms with Crippen molar-refractivity contribution < 1.29 is 9.84 Å². The Kier molecular flexibility index (Phi) is 6.62. The van der Waals surface area contributed by atoms with Crippen LogP contribution in [0.1, 0.15) is 58.3 Å². The summed E-state index contributed by atoms with van der Waals surface area (Å²) in [5.74, 6) is 1.81. The second-order valence-electron chi connectivity index (χ2n) is 6.67. The molecule has 0 heterocycles. The summed E-state index contributed by atoms with van der Waals surface area (Å²) in [4.78, 5) is 0. The molecule has 0 saturated heterocycles. The van der Waals surface area contributed by atoms with E-state index in [2.05, 4.69) is 12.2 Å². The lowest BCUT2D eigenvalue weighted by atomic mass is 9.89. The maximum absolute atomic E-state index is 9.88. The average molecular weight is 269 g/mol. The van der Waals surface area contributed by atoms with E-state index in [0.29, 0.717) is 19.3 Å². The average Bonchev–Trinajstić information content (AvgIpc) is 3.20. The maximum Gasteiger partial charge on any atom is 0.0897 e. The van der Waals surface area contributed by atoms with Crippen LogP contribution in [0.2, 0.25) is 0 Å². The fourth-order valence-electron chi connectivity index (χ4n) is 3.03. The Bertz CT molecular complexity index is 243. The number of aliphatic hydroxyl groups is 1.